The molecule has 0 amide bonds. The molecule has 0 radical (unpaired) electrons. The van der Waals surface area contributed by atoms with Crippen molar-refractivity contribution in [3.63, 3.8) is 0 Å². The summed E-state index contributed by atoms with van der Waals surface area (Å²) in [5.74, 6) is 0.356. The highest BCUT2D eigenvalue weighted by molar-refractivity contribution is 7.87. The maximum absolute atomic E-state index is 11.9. The van der Waals surface area contributed by atoms with Crippen LogP contribution in [0.3, 0.4) is 0 Å². The summed E-state index contributed by atoms with van der Waals surface area (Å²) < 4.78 is 34.3. The van der Waals surface area contributed by atoms with Crippen LogP contribution < -0.4 is 8.92 Å². The fraction of sp³-hybridized carbons (Fsp3) is 0.294. The van der Waals surface area contributed by atoms with E-state index in [1.54, 1.807) is 31.2 Å². The Morgan fingerprint density at radius 3 is 2.48 bits per heavy atom. The molecule has 0 unspecified atom stereocenters. The fourth-order valence-corrected chi connectivity index (χ4v) is 3.30. The molecule has 0 aliphatic carbocycles. The van der Waals surface area contributed by atoms with E-state index in [1.807, 2.05) is 6.92 Å². The van der Waals surface area contributed by atoms with Crippen molar-refractivity contribution in [3.05, 3.63) is 58.1 Å². The van der Waals surface area contributed by atoms with E-state index < -0.39 is 15.0 Å². The lowest BCUT2D eigenvalue weighted by Gasteiger charge is -2.10. The van der Waals surface area contributed by atoms with E-state index in [9.17, 15) is 18.5 Å². The van der Waals surface area contributed by atoms with Gasteiger partial charge in [0.15, 0.2) is 0 Å². The Bertz CT molecular complexity index is 863. The summed E-state index contributed by atoms with van der Waals surface area (Å²) in [5.41, 5.74) is 0.335. The van der Waals surface area contributed by atoms with Crippen LogP contribution in [0, 0.1) is 17.0 Å². The maximum Gasteiger partial charge on any atom is 0.314 e. The maximum atomic E-state index is 11.9. The third-order valence-corrected chi connectivity index (χ3v) is 4.62. The number of rotatable bonds is 8. The molecule has 0 aliphatic heterocycles. The van der Waals surface area contributed by atoms with Crippen LogP contribution in [0.2, 0.25) is 0 Å². The topological polar surface area (TPSA) is 95.7 Å². The van der Waals surface area contributed by atoms with Crippen LogP contribution in [0.1, 0.15) is 25.3 Å². The molecule has 0 spiro atoms. The van der Waals surface area contributed by atoms with Gasteiger partial charge in [0.05, 0.1) is 10.7 Å². The summed E-state index contributed by atoms with van der Waals surface area (Å²) in [4.78, 5) is 10.7. The minimum Gasteiger partial charge on any atom is -0.450 e. The second kappa shape index (κ2) is 7.98. The zero-order chi connectivity index (χ0) is 18.4. The molecule has 0 atom stereocenters. The molecule has 7 nitrogen and oxygen atoms in total. The summed E-state index contributed by atoms with van der Waals surface area (Å²) in [6.45, 7) is 3.50. The first-order valence-corrected chi connectivity index (χ1v) is 9.34. The van der Waals surface area contributed by atoms with Crippen molar-refractivity contribution < 1.29 is 22.3 Å². The summed E-state index contributed by atoms with van der Waals surface area (Å²) in [7, 11) is -3.68. The molecule has 0 saturated heterocycles. The number of hydrogen-bond acceptors (Lipinski definition) is 6. The second-order valence-electron chi connectivity index (χ2n) is 5.45. The van der Waals surface area contributed by atoms with Gasteiger partial charge in [-0.3, -0.25) is 10.1 Å². The van der Waals surface area contributed by atoms with Crippen molar-refractivity contribution in [2.75, 3.05) is 5.75 Å². The van der Waals surface area contributed by atoms with E-state index in [1.165, 1.54) is 18.2 Å². The Morgan fingerprint density at radius 1 is 1.12 bits per heavy atom. The Kier molecular flexibility index (Phi) is 5.97. The standard InChI is InChI=1S/C17H19NO6S/c1-3-4-11-25(21,22)24-15-9-6-8-14(12-15)23-16-10-5-7-13(2)17(16)18(19)20/h5-10,12H,3-4,11H2,1-2H3. The molecule has 25 heavy (non-hydrogen) atoms. The van der Waals surface area contributed by atoms with Crippen LogP contribution in [0.5, 0.6) is 17.2 Å². The highest BCUT2D eigenvalue weighted by atomic mass is 32.2. The van der Waals surface area contributed by atoms with Gasteiger partial charge in [-0.1, -0.05) is 31.5 Å². The van der Waals surface area contributed by atoms with Gasteiger partial charge in [0, 0.05) is 11.6 Å². The number of unbranched alkanes of at least 4 members (excludes halogenated alkanes) is 1. The molecule has 0 bridgehead atoms. The first-order chi connectivity index (χ1) is 11.8. The number of hydrogen-bond donors (Lipinski definition) is 0. The summed E-state index contributed by atoms with van der Waals surface area (Å²) in [6, 6.07) is 10.7. The zero-order valence-corrected chi connectivity index (χ0v) is 14.8. The SMILES string of the molecule is CCCCS(=O)(=O)Oc1cccc(Oc2cccc(C)c2[N+](=O)[O-])c1. The Balaban J connectivity index is 2.23. The van der Waals surface area contributed by atoms with Crippen LogP contribution in [-0.4, -0.2) is 19.1 Å². The molecule has 2 rings (SSSR count). The highest BCUT2D eigenvalue weighted by Gasteiger charge is 2.19. The smallest absolute Gasteiger partial charge is 0.314 e. The Morgan fingerprint density at radius 2 is 1.80 bits per heavy atom. The number of nitro benzene ring substituents is 1. The molecular weight excluding hydrogens is 346 g/mol. The molecule has 0 saturated carbocycles. The van der Waals surface area contributed by atoms with Crippen molar-refractivity contribution >= 4 is 15.8 Å². The van der Waals surface area contributed by atoms with Gasteiger partial charge in [0.2, 0.25) is 5.75 Å². The Hall–Kier alpha value is -2.61. The molecule has 8 heteroatoms. The van der Waals surface area contributed by atoms with E-state index in [0.29, 0.717) is 12.0 Å². The normalized spacial score (nSPS) is 11.1. The van der Waals surface area contributed by atoms with Gasteiger partial charge in [-0.05, 0) is 31.5 Å². The van der Waals surface area contributed by atoms with Crippen LogP contribution in [0.15, 0.2) is 42.5 Å². The number of para-hydroxylation sites is 1. The average Bonchev–Trinajstić information content (AvgIpc) is 2.52. The van der Waals surface area contributed by atoms with Crippen molar-refractivity contribution in [2.24, 2.45) is 0 Å². The van der Waals surface area contributed by atoms with E-state index in [2.05, 4.69) is 0 Å². The van der Waals surface area contributed by atoms with Gasteiger partial charge in [0.25, 0.3) is 0 Å². The summed E-state index contributed by atoms with van der Waals surface area (Å²) >= 11 is 0. The summed E-state index contributed by atoms with van der Waals surface area (Å²) in [5, 5.41) is 11.2. The minimum absolute atomic E-state index is 0.0715. The lowest BCUT2D eigenvalue weighted by Crippen LogP contribution is -2.13. The van der Waals surface area contributed by atoms with Gasteiger partial charge in [-0.2, -0.15) is 8.42 Å². The fourth-order valence-electron chi connectivity index (χ4n) is 2.17. The lowest BCUT2D eigenvalue weighted by molar-refractivity contribution is -0.386. The van der Waals surface area contributed by atoms with Crippen LogP contribution in [0.4, 0.5) is 5.69 Å². The average molecular weight is 365 g/mol. The zero-order valence-electron chi connectivity index (χ0n) is 14.0. The molecule has 0 aliphatic rings. The number of nitro groups is 1. The predicted octanol–water partition coefficient (Wildman–Crippen LogP) is 4.20. The van der Waals surface area contributed by atoms with E-state index in [-0.39, 0.29) is 28.7 Å². The number of benzene rings is 2. The summed E-state index contributed by atoms with van der Waals surface area (Å²) in [6.07, 6.45) is 1.25. The van der Waals surface area contributed by atoms with E-state index >= 15 is 0 Å². The van der Waals surface area contributed by atoms with Crippen LogP contribution in [0.25, 0.3) is 0 Å². The molecular formula is C17H19NO6S. The minimum atomic E-state index is -3.68. The molecule has 0 aromatic heterocycles. The van der Waals surface area contributed by atoms with Crippen molar-refractivity contribution in [2.45, 2.75) is 26.7 Å². The first kappa shape index (κ1) is 18.7. The van der Waals surface area contributed by atoms with Gasteiger partial charge in [-0.15, -0.1) is 0 Å². The third kappa shape index (κ3) is 5.18. The quantitative estimate of drug-likeness (QED) is 0.395. The van der Waals surface area contributed by atoms with Crippen molar-refractivity contribution in [3.8, 4) is 17.2 Å². The molecule has 2 aromatic rings. The lowest BCUT2D eigenvalue weighted by atomic mass is 10.2. The van der Waals surface area contributed by atoms with Gasteiger partial charge in [-0.25, -0.2) is 0 Å². The molecule has 2 aromatic carbocycles. The molecule has 0 fully saturated rings. The molecule has 0 heterocycles. The van der Waals surface area contributed by atoms with Gasteiger partial charge < -0.3 is 8.92 Å². The third-order valence-electron chi connectivity index (χ3n) is 3.39. The van der Waals surface area contributed by atoms with Crippen LogP contribution in [-0.2, 0) is 10.1 Å². The van der Waals surface area contributed by atoms with E-state index in [0.717, 1.165) is 6.42 Å². The number of aryl methyl sites for hydroxylation is 1. The number of ether oxygens (including phenoxy) is 1. The largest absolute Gasteiger partial charge is 0.450 e. The van der Waals surface area contributed by atoms with Crippen molar-refractivity contribution in [1.82, 2.24) is 0 Å². The molecule has 0 N–H and O–H groups in total. The number of nitrogens with zero attached hydrogens (tertiary/aromatic N) is 1. The first-order valence-electron chi connectivity index (χ1n) is 7.76. The van der Waals surface area contributed by atoms with Crippen molar-refractivity contribution in [1.29, 1.82) is 0 Å². The molecule has 134 valence electrons. The second-order valence-corrected chi connectivity index (χ2v) is 7.14. The van der Waals surface area contributed by atoms with Crippen LogP contribution >= 0.6 is 0 Å². The predicted molar refractivity (Wildman–Crippen MR) is 93.7 cm³/mol. The van der Waals surface area contributed by atoms with Gasteiger partial charge >= 0.3 is 15.8 Å². The van der Waals surface area contributed by atoms with Gasteiger partial charge in [0.1, 0.15) is 11.5 Å². The Labute approximate surface area is 146 Å². The van der Waals surface area contributed by atoms with E-state index in [4.69, 9.17) is 8.92 Å². The monoisotopic (exact) mass is 365 g/mol. The highest BCUT2D eigenvalue weighted by Crippen LogP contribution is 2.34.